The quantitative estimate of drug-likeness (QED) is 0.585. The molecule has 0 aliphatic carbocycles. The van der Waals surface area contributed by atoms with Crippen molar-refractivity contribution in [3.05, 3.63) is 76.3 Å². The number of rotatable bonds is 5. The number of nitrogens with zero attached hydrogens (tertiary/aromatic N) is 2. The lowest BCUT2D eigenvalue weighted by Crippen LogP contribution is -2.31. The van der Waals surface area contributed by atoms with E-state index in [2.05, 4.69) is 9.98 Å². The summed E-state index contributed by atoms with van der Waals surface area (Å²) in [4.78, 5) is 33.3. The number of amides is 1. The zero-order valence-electron chi connectivity index (χ0n) is 15.1. The van der Waals surface area contributed by atoms with Gasteiger partial charge in [0.2, 0.25) is 0 Å². The molecular formula is C21H16ClN3O3S. The first-order valence-electron chi connectivity index (χ1n) is 8.85. The zero-order chi connectivity index (χ0) is 20.4. The van der Waals surface area contributed by atoms with Gasteiger partial charge in [-0.3, -0.25) is 9.69 Å². The number of aliphatic carboxylic acids is 1. The van der Waals surface area contributed by atoms with Crippen LogP contribution in [0.1, 0.15) is 5.56 Å². The summed E-state index contributed by atoms with van der Waals surface area (Å²) < 4.78 is 0. The van der Waals surface area contributed by atoms with Gasteiger partial charge in [0, 0.05) is 29.7 Å². The molecule has 8 heteroatoms. The number of thioether (sulfide) groups is 1. The minimum Gasteiger partial charge on any atom is -0.478 e. The minimum absolute atomic E-state index is 0.127. The van der Waals surface area contributed by atoms with Crippen molar-refractivity contribution in [1.29, 1.82) is 0 Å². The average molecular weight is 426 g/mol. The number of nitrogens with one attached hydrogen (secondary N) is 1. The standard InChI is InChI=1S/C21H16ClN3O3S/c22-15-6-2-4-8-17(15)24-21-25(20(28)18(29-21)11-19(26)27)10-9-13-12-23-16-7-3-1-5-14(13)16/h1-8,11-12,23H,9-10H2,(H,26,27)/b18-11-,24-21?. The zero-order valence-corrected chi connectivity index (χ0v) is 16.7. The monoisotopic (exact) mass is 425 g/mol. The molecule has 1 fully saturated rings. The van der Waals surface area contributed by atoms with Crippen molar-refractivity contribution in [3.8, 4) is 0 Å². The number of para-hydroxylation sites is 2. The Bertz CT molecular complexity index is 1170. The van der Waals surface area contributed by atoms with Crippen LogP contribution < -0.4 is 0 Å². The molecule has 0 atom stereocenters. The Labute approximate surface area is 175 Å². The molecule has 1 saturated heterocycles. The molecule has 6 nitrogen and oxygen atoms in total. The Morgan fingerprint density at radius 3 is 2.76 bits per heavy atom. The highest BCUT2D eigenvalue weighted by molar-refractivity contribution is 8.18. The molecule has 0 bridgehead atoms. The largest absolute Gasteiger partial charge is 0.478 e. The Morgan fingerprint density at radius 1 is 1.21 bits per heavy atom. The second-order valence-corrected chi connectivity index (χ2v) is 7.78. The molecule has 1 aromatic heterocycles. The van der Waals surface area contributed by atoms with Gasteiger partial charge >= 0.3 is 5.97 Å². The molecule has 3 aromatic rings. The molecule has 1 aliphatic heterocycles. The topological polar surface area (TPSA) is 85.8 Å². The van der Waals surface area contributed by atoms with Gasteiger partial charge in [0.1, 0.15) is 0 Å². The second-order valence-electron chi connectivity index (χ2n) is 6.36. The molecule has 0 saturated carbocycles. The average Bonchev–Trinajstić information content (AvgIpc) is 3.23. The van der Waals surface area contributed by atoms with E-state index in [1.807, 2.05) is 30.5 Å². The molecule has 2 heterocycles. The molecule has 2 aromatic carbocycles. The van der Waals surface area contributed by atoms with Crippen LogP contribution in [0.3, 0.4) is 0 Å². The number of halogens is 1. The SMILES string of the molecule is O=C(O)/C=C1\SC(=Nc2ccccc2Cl)N(CCc2c[nH]c3ccccc23)C1=O. The summed E-state index contributed by atoms with van der Waals surface area (Å²) in [5.74, 6) is -1.54. The predicted molar refractivity (Wildman–Crippen MR) is 116 cm³/mol. The van der Waals surface area contributed by atoms with Gasteiger partial charge in [0.15, 0.2) is 5.17 Å². The number of carbonyl (C=O) groups excluding carboxylic acids is 1. The van der Waals surface area contributed by atoms with Gasteiger partial charge in [0.25, 0.3) is 5.91 Å². The van der Waals surface area contributed by atoms with E-state index < -0.39 is 5.97 Å². The van der Waals surface area contributed by atoms with Crippen molar-refractivity contribution in [2.45, 2.75) is 6.42 Å². The Morgan fingerprint density at radius 2 is 1.97 bits per heavy atom. The minimum atomic E-state index is -1.17. The van der Waals surface area contributed by atoms with Crippen LogP contribution in [0, 0.1) is 0 Å². The third-order valence-electron chi connectivity index (χ3n) is 4.49. The number of aromatic amines is 1. The summed E-state index contributed by atoms with van der Waals surface area (Å²) in [5, 5.41) is 11.0. The van der Waals surface area contributed by atoms with E-state index in [0.29, 0.717) is 28.8 Å². The number of aromatic nitrogens is 1. The van der Waals surface area contributed by atoms with Crippen molar-refractivity contribution in [2.75, 3.05) is 6.54 Å². The van der Waals surface area contributed by atoms with Gasteiger partial charge in [-0.1, -0.05) is 41.9 Å². The highest BCUT2D eigenvalue weighted by Gasteiger charge is 2.34. The summed E-state index contributed by atoms with van der Waals surface area (Å²) in [6, 6.07) is 15.0. The van der Waals surface area contributed by atoms with Crippen molar-refractivity contribution in [3.63, 3.8) is 0 Å². The molecule has 0 unspecified atom stereocenters. The summed E-state index contributed by atoms with van der Waals surface area (Å²) in [5.41, 5.74) is 2.63. The molecule has 2 N–H and O–H groups in total. The molecule has 1 aliphatic rings. The maximum Gasteiger partial charge on any atom is 0.329 e. The van der Waals surface area contributed by atoms with Crippen LogP contribution in [0.25, 0.3) is 10.9 Å². The lowest BCUT2D eigenvalue weighted by Gasteiger charge is -2.15. The highest BCUT2D eigenvalue weighted by Crippen LogP contribution is 2.34. The van der Waals surface area contributed by atoms with Gasteiger partial charge < -0.3 is 10.1 Å². The first kappa shape index (κ1) is 19.3. The molecule has 146 valence electrons. The summed E-state index contributed by atoms with van der Waals surface area (Å²) in [6.07, 6.45) is 3.44. The molecule has 0 spiro atoms. The molecule has 4 rings (SSSR count). The number of amidine groups is 1. The number of carbonyl (C=O) groups is 2. The van der Waals surface area contributed by atoms with Crippen LogP contribution >= 0.6 is 23.4 Å². The lowest BCUT2D eigenvalue weighted by atomic mass is 10.1. The van der Waals surface area contributed by atoms with Gasteiger partial charge in [-0.2, -0.15) is 0 Å². The molecular weight excluding hydrogens is 410 g/mol. The van der Waals surface area contributed by atoms with Crippen molar-refractivity contribution < 1.29 is 14.7 Å². The van der Waals surface area contributed by atoms with Crippen molar-refractivity contribution >= 4 is 57.0 Å². The molecule has 1 amide bonds. The number of aliphatic imine (C=N–C) groups is 1. The predicted octanol–water partition coefficient (Wildman–Crippen LogP) is 4.60. The van der Waals surface area contributed by atoms with E-state index in [9.17, 15) is 9.59 Å². The van der Waals surface area contributed by atoms with Crippen molar-refractivity contribution in [2.24, 2.45) is 4.99 Å². The Balaban J connectivity index is 1.64. The van der Waals surface area contributed by atoms with E-state index in [4.69, 9.17) is 16.7 Å². The summed E-state index contributed by atoms with van der Waals surface area (Å²) in [7, 11) is 0. The van der Waals surface area contributed by atoms with Crippen LogP contribution in [-0.4, -0.2) is 38.6 Å². The number of fused-ring (bicyclic) bond motifs is 1. The number of carboxylic acids is 1. The van der Waals surface area contributed by atoms with Gasteiger partial charge in [0.05, 0.1) is 15.6 Å². The number of carboxylic acid groups (broad SMARTS) is 1. The smallest absolute Gasteiger partial charge is 0.329 e. The maximum absolute atomic E-state index is 12.8. The van der Waals surface area contributed by atoms with E-state index in [0.717, 1.165) is 34.3 Å². The fourth-order valence-corrected chi connectivity index (χ4v) is 4.28. The number of H-pyrrole nitrogens is 1. The summed E-state index contributed by atoms with van der Waals surface area (Å²) >= 11 is 7.24. The number of hydrogen-bond donors (Lipinski definition) is 2. The lowest BCUT2D eigenvalue weighted by molar-refractivity contribution is -0.132. The highest BCUT2D eigenvalue weighted by atomic mass is 35.5. The van der Waals surface area contributed by atoms with E-state index in [-0.39, 0.29) is 10.8 Å². The van der Waals surface area contributed by atoms with Gasteiger partial charge in [-0.25, -0.2) is 9.79 Å². The number of benzene rings is 2. The molecule has 0 radical (unpaired) electrons. The normalized spacial score (nSPS) is 17.0. The van der Waals surface area contributed by atoms with E-state index in [1.54, 1.807) is 24.3 Å². The van der Waals surface area contributed by atoms with Crippen LogP contribution in [0.2, 0.25) is 5.02 Å². The number of hydrogen-bond acceptors (Lipinski definition) is 4. The first-order chi connectivity index (χ1) is 14.0. The summed E-state index contributed by atoms with van der Waals surface area (Å²) in [6.45, 7) is 0.369. The van der Waals surface area contributed by atoms with E-state index in [1.165, 1.54) is 4.90 Å². The third-order valence-corrected chi connectivity index (χ3v) is 5.82. The van der Waals surface area contributed by atoms with Crippen LogP contribution in [-0.2, 0) is 16.0 Å². The Kier molecular flexibility index (Phi) is 5.42. The fourth-order valence-electron chi connectivity index (χ4n) is 3.12. The second kappa shape index (κ2) is 8.14. The van der Waals surface area contributed by atoms with Gasteiger partial charge in [-0.15, -0.1) is 0 Å². The van der Waals surface area contributed by atoms with Crippen LogP contribution in [0.15, 0.2) is 70.7 Å². The molecule has 29 heavy (non-hydrogen) atoms. The third kappa shape index (κ3) is 4.06. The maximum atomic E-state index is 12.8. The Hall–Kier alpha value is -3.03. The van der Waals surface area contributed by atoms with Crippen LogP contribution in [0.5, 0.6) is 0 Å². The first-order valence-corrected chi connectivity index (χ1v) is 10.0. The van der Waals surface area contributed by atoms with Crippen LogP contribution in [0.4, 0.5) is 5.69 Å². The van der Waals surface area contributed by atoms with Gasteiger partial charge in [-0.05, 0) is 41.9 Å². The van der Waals surface area contributed by atoms with E-state index >= 15 is 0 Å². The fraction of sp³-hybridized carbons (Fsp3) is 0.0952. The van der Waals surface area contributed by atoms with Crippen molar-refractivity contribution in [1.82, 2.24) is 9.88 Å².